The summed E-state index contributed by atoms with van der Waals surface area (Å²) in [4.78, 5) is 43.0. The quantitative estimate of drug-likeness (QED) is 0.115. The molecule has 6 fully saturated rings. The van der Waals surface area contributed by atoms with Crippen LogP contribution in [0.4, 0.5) is 0 Å². The maximum absolute atomic E-state index is 11.0. The molecule has 6 aliphatic rings. The normalized spacial score (nSPS) is 21.0. The van der Waals surface area contributed by atoms with Gasteiger partial charge in [0, 0.05) is 6.42 Å². The number of ketones is 2. The molecule has 402 valence electrons. The second kappa shape index (κ2) is 61.0. The van der Waals surface area contributed by atoms with Gasteiger partial charge in [-0.05, 0) is 44.7 Å². The van der Waals surface area contributed by atoms with E-state index in [1.54, 1.807) is 0 Å². The predicted molar refractivity (Wildman–Crippen MR) is 277 cm³/mol. The Morgan fingerprint density at radius 1 is 0.531 bits per heavy atom. The van der Waals surface area contributed by atoms with E-state index in [2.05, 4.69) is 62.5 Å². The van der Waals surface area contributed by atoms with Crippen LogP contribution in [-0.2, 0) is 28.7 Å². The number of aliphatic hydroxyl groups is 6. The summed E-state index contributed by atoms with van der Waals surface area (Å²) >= 11 is 0. The number of hydrogen-bond acceptors (Lipinski definition) is 14. The number of fused-ring (bicyclic) bond motifs is 1. The summed E-state index contributed by atoms with van der Waals surface area (Å²) in [5.41, 5.74) is 9.00. The summed E-state index contributed by atoms with van der Waals surface area (Å²) in [5.74, 6) is 1.15. The maximum Gasteiger partial charge on any atom is 0.339 e. The van der Waals surface area contributed by atoms with Crippen LogP contribution in [0.3, 0.4) is 0 Å². The SMILES string of the molecule is C.C.C.C.C.C.C.C.CC.CC.CC1CC1.CC1CC1.CC1CCC1.CC1CCC1.CCC.CCC(=O)[C@H](O)[C@@H](O)[C@H](O)C(O)C(C)=O.CN.CN.O=C1O[C@H]2[C@H](OC(=O)[C@@H]2O)[C@@H]1O. The standard InChI is InChI=1S/C9H16O6.C6H6O6.2C5H10.2C4H8.C3H8.2C2H6.2CH5N.8CH4/c1-3-5(11)7(13)9(15)8(14)6(12)4(2)10;7-1-3-4(12-5(1)9)2(8)6(10)11-3;2*1-5-3-2-4-5;2*1-4-2-3-4;1-3-2;4*1-2;;;;;;;;/h6-9,12-15H,3H2,1-2H3;1-4,7-8H;2*5H,2-4H2,1H3;2*4H,2-3H2,1H3;3H2,1-2H3;2*1-2H3;2*2H2,1H3;8*1H4/t6?,7-,8+,9+;1-,2+,3-,4-;;;;;;;;;;;;;;;;;/m01................./s1. The average molecular weight is 942 g/mol. The van der Waals surface area contributed by atoms with Crippen molar-refractivity contribution in [2.75, 3.05) is 14.1 Å². The Hall–Kier alpha value is -2.04. The Morgan fingerprint density at radius 3 is 0.875 bits per heavy atom. The van der Waals surface area contributed by atoms with Crippen LogP contribution in [0.15, 0.2) is 0 Å². The maximum atomic E-state index is 11.0. The zero-order valence-corrected chi connectivity index (χ0v) is 37.7. The van der Waals surface area contributed by atoms with Crippen LogP contribution in [-0.4, -0.2) is 117 Å². The minimum Gasteiger partial charge on any atom is -0.453 e. The molecular weight excluding hydrogens is 821 g/mol. The van der Waals surface area contributed by atoms with Gasteiger partial charge in [-0.25, -0.2) is 9.59 Å². The molecular formula is C50H120N2O12. The van der Waals surface area contributed by atoms with Gasteiger partial charge in [-0.1, -0.05) is 206 Å². The van der Waals surface area contributed by atoms with Crippen molar-refractivity contribution >= 4 is 23.5 Å². The highest BCUT2D eigenvalue weighted by Gasteiger charge is 2.57. The molecule has 4 saturated carbocycles. The molecule has 2 saturated heterocycles. The zero-order valence-electron chi connectivity index (χ0n) is 37.7. The van der Waals surface area contributed by atoms with Gasteiger partial charge in [0.15, 0.2) is 36.0 Å². The van der Waals surface area contributed by atoms with Crippen molar-refractivity contribution in [2.24, 2.45) is 35.1 Å². The van der Waals surface area contributed by atoms with E-state index in [9.17, 15) is 34.5 Å². The highest BCUT2D eigenvalue weighted by molar-refractivity contribution is 5.85. The number of Topliss-reactive ketones (excluding diaryl/α,β-unsaturated/α-hetero) is 2. The molecule has 14 heteroatoms. The number of carbonyl (C=O) groups is 4. The molecule has 4 aliphatic carbocycles. The highest BCUT2D eigenvalue weighted by Crippen LogP contribution is 2.29. The van der Waals surface area contributed by atoms with E-state index < -0.39 is 72.3 Å². The fraction of sp³-hybridized carbons (Fsp3) is 0.920. The van der Waals surface area contributed by atoms with E-state index in [4.69, 9.17) is 15.3 Å². The Morgan fingerprint density at radius 2 is 0.734 bits per heavy atom. The Balaban J connectivity index is -0.0000000434. The highest BCUT2D eigenvalue weighted by atomic mass is 16.7. The van der Waals surface area contributed by atoms with Crippen molar-refractivity contribution in [3.05, 3.63) is 0 Å². The number of esters is 2. The first-order valence-corrected chi connectivity index (χ1v) is 21.1. The van der Waals surface area contributed by atoms with Gasteiger partial charge in [-0.15, -0.1) is 0 Å². The third-order valence-corrected chi connectivity index (χ3v) is 8.55. The second-order valence-electron chi connectivity index (χ2n) is 14.1. The van der Waals surface area contributed by atoms with Crippen molar-refractivity contribution in [1.82, 2.24) is 0 Å². The monoisotopic (exact) mass is 941 g/mol. The molecule has 0 aromatic rings. The molecule has 0 aromatic carbocycles. The van der Waals surface area contributed by atoms with Gasteiger partial charge in [0.25, 0.3) is 0 Å². The van der Waals surface area contributed by atoms with Crippen molar-refractivity contribution in [1.29, 1.82) is 0 Å². The van der Waals surface area contributed by atoms with Gasteiger partial charge < -0.3 is 51.6 Å². The Labute approximate surface area is 399 Å². The van der Waals surface area contributed by atoms with Crippen molar-refractivity contribution < 1.29 is 59.3 Å². The lowest BCUT2D eigenvalue weighted by atomic mass is 9.88. The lowest BCUT2D eigenvalue weighted by Crippen LogP contribution is -2.49. The Bertz CT molecular complexity index is 896. The van der Waals surface area contributed by atoms with Gasteiger partial charge in [-0.2, -0.15) is 0 Å². The molecule has 2 heterocycles. The molecule has 2 aliphatic heterocycles. The first kappa shape index (κ1) is 96.1. The lowest BCUT2D eigenvalue weighted by Gasteiger charge is -2.24. The van der Waals surface area contributed by atoms with Gasteiger partial charge in [-0.3, -0.25) is 9.59 Å². The van der Waals surface area contributed by atoms with E-state index in [1.807, 2.05) is 27.7 Å². The first-order valence-electron chi connectivity index (χ1n) is 21.1. The molecule has 1 unspecified atom stereocenters. The fourth-order valence-electron chi connectivity index (χ4n) is 3.87. The average Bonchev–Trinajstić information content (AvgIpc) is 4.13. The van der Waals surface area contributed by atoms with Gasteiger partial charge >= 0.3 is 11.9 Å². The van der Waals surface area contributed by atoms with E-state index in [-0.39, 0.29) is 65.8 Å². The number of hydrogen-bond donors (Lipinski definition) is 8. The minimum atomic E-state index is -1.87. The second-order valence-corrected chi connectivity index (χ2v) is 14.1. The van der Waals surface area contributed by atoms with E-state index in [0.29, 0.717) is 0 Å². The smallest absolute Gasteiger partial charge is 0.339 e. The molecule has 0 aromatic heterocycles. The van der Waals surface area contributed by atoms with Crippen molar-refractivity contribution in [3.63, 3.8) is 0 Å². The molecule has 0 amide bonds. The van der Waals surface area contributed by atoms with Crippen LogP contribution in [0.25, 0.3) is 0 Å². The largest absolute Gasteiger partial charge is 0.453 e. The zero-order chi connectivity index (χ0) is 45.1. The number of ether oxygens (including phenoxy) is 2. The van der Waals surface area contributed by atoms with E-state index in [0.717, 1.165) is 30.6 Å². The van der Waals surface area contributed by atoms with Crippen LogP contribution >= 0.6 is 0 Å². The fourth-order valence-corrected chi connectivity index (χ4v) is 3.87. The summed E-state index contributed by atoms with van der Waals surface area (Å²) in [6.07, 6.45) is 3.76. The van der Waals surface area contributed by atoms with Crippen LogP contribution in [0.1, 0.15) is 220 Å². The number of nitrogens with two attached hydrogens (primary N) is 2. The van der Waals surface area contributed by atoms with Crippen molar-refractivity contribution in [3.8, 4) is 0 Å². The molecule has 0 bridgehead atoms. The number of rotatable bonds is 6. The summed E-state index contributed by atoms with van der Waals surface area (Å²) < 4.78 is 8.99. The molecule has 0 radical (unpaired) electrons. The summed E-state index contributed by atoms with van der Waals surface area (Å²) in [5, 5.41) is 54.9. The van der Waals surface area contributed by atoms with E-state index in [1.165, 1.54) is 91.6 Å². The van der Waals surface area contributed by atoms with Gasteiger partial charge in [0.05, 0.1) is 0 Å². The van der Waals surface area contributed by atoms with Gasteiger partial charge in [0.1, 0.15) is 24.4 Å². The van der Waals surface area contributed by atoms with E-state index >= 15 is 0 Å². The van der Waals surface area contributed by atoms with Crippen LogP contribution in [0.5, 0.6) is 0 Å². The lowest BCUT2D eigenvalue weighted by molar-refractivity contribution is -0.159. The summed E-state index contributed by atoms with van der Waals surface area (Å²) in [6, 6.07) is 0. The topological polar surface area (TPSA) is 260 Å². The molecule has 64 heavy (non-hydrogen) atoms. The number of aliphatic hydroxyl groups excluding tert-OH is 6. The molecule has 14 nitrogen and oxygen atoms in total. The summed E-state index contributed by atoms with van der Waals surface area (Å²) in [6.45, 7) is 23.9. The van der Waals surface area contributed by atoms with Crippen molar-refractivity contribution in [2.45, 2.75) is 268 Å². The third-order valence-electron chi connectivity index (χ3n) is 8.55. The molecule has 8 atom stereocenters. The predicted octanol–water partition coefficient (Wildman–Crippen LogP) is 9.71. The summed E-state index contributed by atoms with van der Waals surface area (Å²) in [7, 11) is 3.00. The van der Waals surface area contributed by atoms with Crippen LogP contribution in [0.2, 0.25) is 0 Å². The third kappa shape index (κ3) is 47.9. The molecule has 0 spiro atoms. The Kier molecular flexibility index (Phi) is 91.5. The first-order chi connectivity index (χ1) is 26.4. The van der Waals surface area contributed by atoms with Crippen LogP contribution < -0.4 is 11.5 Å². The molecule has 10 N–H and O–H groups in total. The number of carbonyl (C=O) groups excluding carboxylic acids is 4. The van der Waals surface area contributed by atoms with Gasteiger partial charge in [0.2, 0.25) is 0 Å². The molecule has 6 rings (SSSR count). The van der Waals surface area contributed by atoms with Crippen LogP contribution in [0, 0.1) is 23.7 Å². The minimum absolute atomic E-state index is 0.